The molecule has 0 aliphatic carbocycles. The molecule has 0 aliphatic rings. The number of benzene rings is 2. The van der Waals surface area contributed by atoms with Gasteiger partial charge in [0.25, 0.3) is 0 Å². The number of hydrogen-bond acceptors (Lipinski definition) is 5. The Morgan fingerprint density at radius 3 is 2.46 bits per heavy atom. The Morgan fingerprint density at radius 1 is 1.04 bits per heavy atom. The van der Waals surface area contributed by atoms with E-state index in [1.165, 1.54) is 24.3 Å². The van der Waals surface area contributed by atoms with Crippen molar-refractivity contribution < 1.29 is 17.0 Å². The van der Waals surface area contributed by atoms with Crippen LogP contribution in [0.25, 0.3) is 11.0 Å². The van der Waals surface area contributed by atoms with E-state index in [0.29, 0.717) is 5.58 Å². The number of rotatable bonds is 6. The highest BCUT2D eigenvalue weighted by atomic mass is 32.2. The van der Waals surface area contributed by atoms with Crippen molar-refractivity contribution in [3.05, 3.63) is 70.1 Å². The van der Waals surface area contributed by atoms with Crippen LogP contribution in [0.2, 0.25) is 0 Å². The molecule has 0 atom stereocenters. The summed E-state index contributed by atoms with van der Waals surface area (Å²) in [4.78, 5) is 11.9. The van der Waals surface area contributed by atoms with Crippen molar-refractivity contribution in [3.63, 3.8) is 0 Å². The quantitative estimate of drug-likeness (QED) is 0.479. The largest absolute Gasteiger partial charge is 0.423 e. The summed E-state index contributed by atoms with van der Waals surface area (Å²) in [6, 6.07) is 12.6. The first kappa shape index (κ1) is 18.2. The van der Waals surface area contributed by atoms with E-state index in [2.05, 4.69) is 6.92 Å². The zero-order valence-corrected chi connectivity index (χ0v) is 15.5. The van der Waals surface area contributed by atoms with Gasteiger partial charge in [0.15, 0.2) is 0 Å². The number of unbranched alkanes of at least 4 members (excludes halogenated alkanes) is 1. The summed E-state index contributed by atoms with van der Waals surface area (Å²) in [5.41, 5.74) is 1.71. The van der Waals surface area contributed by atoms with Crippen LogP contribution in [0.5, 0.6) is 5.75 Å². The fourth-order valence-electron chi connectivity index (χ4n) is 2.72. The van der Waals surface area contributed by atoms with Crippen LogP contribution in [0, 0.1) is 6.92 Å². The second-order valence-electron chi connectivity index (χ2n) is 6.20. The Labute approximate surface area is 152 Å². The van der Waals surface area contributed by atoms with Crippen molar-refractivity contribution in [2.75, 3.05) is 0 Å². The lowest BCUT2D eigenvalue weighted by Crippen LogP contribution is -2.10. The standard InChI is InChI=1S/C20H20O5S/c1-3-4-5-15-12-20(21)24-19-13-16(8-11-18(15)19)25-26(22,23)17-9-6-14(2)7-10-17/h6-13H,3-5H2,1-2H3. The minimum Gasteiger partial charge on any atom is -0.423 e. The Kier molecular flexibility index (Phi) is 5.13. The lowest BCUT2D eigenvalue weighted by molar-refractivity contribution is 0.485. The first-order valence-corrected chi connectivity index (χ1v) is 9.88. The van der Waals surface area contributed by atoms with E-state index in [9.17, 15) is 13.2 Å². The molecule has 2 aromatic carbocycles. The molecule has 26 heavy (non-hydrogen) atoms. The molecule has 0 unspecified atom stereocenters. The van der Waals surface area contributed by atoms with Crippen LogP contribution in [0.3, 0.4) is 0 Å². The molecular formula is C20H20O5S. The van der Waals surface area contributed by atoms with Crippen molar-refractivity contribution in [1.82, 2.24) is 0 Å². The maximum atomic E-state index is 12.4. The molecule has 136 valence electrons. The molecule has 1 aromatic heterocycles. The number of aryl methyl sites for hydroxylation is 2. The van der Waals surface area contributed by atoms with Crippen LogP contribution in [-0.4, -0.2) is 8.42 Å². The third-order valence-electron chi connectivity index (χ3n) is 4.12. The van der Waals surface area contributed by atoms with Crippen LogP contribution < -0.4 is 9.81 Å². The molecule has 0 aliphatic heterocycles. The Hall–Kier alpha value is -2.60. The van der Waals surface area contributed by atoms with Crippen LogP contribution in [0.1, 0.15) is 30.9 Å². The molecule has 3 aromatic rings. The highest BCUT2D eigenvalue weighted by Gasteiger charge is 2.17. The summed E-state index contributed by atoms with van der Waals surface area (Å²) in [6.07, 6.45) is 2.73. The molecule has 0 amide bonds. The van der Waals surface area contributed by atoms with Crippen molar-refractivity contribution in [2.45, 2.75) is 38.0 Å². The first-order chi connectivity index (χ1) is 12.4. The average Bonchev–Trinajstić information content (AvgIpc) is 2.59. The molecule has 6 heteroatoms. The van der Waals surface area contributed by atoms with Gasteiger partial charge in [-0.2, -0.15) is 8.42 Å². The van der Waals surface area contributed by atoms with Gasteiger partial charge in [0.05, 0.1) is 0 Å². The smallest absolute Gasteiger partial charge is 0.339 e. The summed E-state index contributed by atoms with van der Waals surface area (Å²) in [7, 11) is -3.95. The molecule has 0 saturated heterocycles. The SMILES string of the molecule is CCCCc1cc(=O)oc2cc(OS(=O)(=O)c3ccc(C)cc3)ccc12. The Morgan fingerprint density at radius 2 is 1.77 bits per heavy atom. The predicted molar refractivity (Wildman–Crippen MR) is 100 cm³/mol. The molecule has 0 spiro atoms. The van der Waals surface area contributed by atoms with Crippen LogP contribution >= 0.6 is 0 Å². The molecule has 1 heterocycles. The van der Waals surface area contributed by atoms with Gasteiger partial charge in [0.1, 0.15) is 16.2 Å². The van der Waals surface area contributed by atoms with Crippen molar-refractivity contribution in [1.29, 1.82) is 0 Å². The van der Waals surface area contributed by atoms with E-state index < -0.39 is 15.7 Å². The van der Waals surface area contributed by atoms with Gasteiger partial charge >= 0.3 is 15.7 Å². The topological polar surface area (TPSA) is 73.6 Å². The second-order valence-corrected chi connectivity index (χ2v) is 7.75. The summed E-state index contributed by atoms with van der Waals surface area (Å²) in [6.45, 7) is 3.95. The monoisotopic (exact) mass is 372 g/mol. The third-order valence-corrected chi connectivity index (χ3v) is 5.38. The van der Waals surface area contributed by atoms with Gasteiger partial charge in [0, 0.05) is 17.5 Å². The minimum absolute atomic E-state index is 0.0707. The van der Waals surface area contributed by atoms with Gasteiger partial charge in [-0.25, -0.2) is 4.79 Å². The van der Waals surface area contributed by atoms with Crippen molar-refractivity contribution in [2.24, 2.45) is 0 Å². The fourth-order valence-corrected chi connectivity index (χ4v) is 3.64. The number of hydrogen-bond donors (Lipinski definition) is 0. The molecule has 5 nitrogen and oxygen atoms in total. The van der Waals surface area contributed by atoms with E-state index in [-0.39, 0.29) is 10.6 Å². The van der Waals surface area contributed by atoms with Crippen molar-refractivity contribution in [3.8, 4) is 5.75 Å². The minimum atomic E-state index is -3.95. The van der Waals surface area contributed by atoms with E-state index in [4.69, 9.17) is 8.60 Å². The maximum Gasteiger partial charge on any atom is 0.339 e. The Balaban J connectivity index is 1.96. The zero-order valence-electron chi connectivity index (χ0n) is 14.7. The van der Waals surface area contributed by atoms with Crippen LogP contribution in [0.15, 0.2) is 62.6 Å². The molecule has 0 N–H and O–H groups in total. The van der Waals surface area contributed by atoms with Crippen LogP contribution in [0.4, 0.5) is 0 Å². The van der Waals surface area contributed by atoms with E-state index in [0.717, 1.165) is 35.8 Å². The molecule has 3 rings (SSSR count). The third kappa shape index (κ3) is 3.96. The number of fused-ring (bicyclic) bond motifs is 1. The van der Waals surface area contributed by atoms with Gasteiger partial charge in [-0.15, -0.1) is 0 Å². The van der Waals surface area contributed by atoms with Gasteiger partial charge in [-0.1, -0.05) is 31.0 Å². The highest BCUT2D eigenvalue weighted by molar-refractivity contribution is 7.87. The molecule has 0 bridgehead atoms. The normalized spacial score (nSPS) is 11.6. The van der Waals surface area contributed by atoms with Gasteiger partial charge in [0.2, 0.25) is 0 Å². The van der Waals surface area contributed by atoms with Gasteiger partial charge in [-0.3, -0.25) is 0 Å². The van der Waals surface area contributed by atoms with E-state index in [1.54, 1.807) is 24.3 Å². The first-order valence-electron chi connectivity index (χ1n) is 8.47. The summed E-state index contributed by atoms with van der Waals surface area (Å²) in [5, 5.41) is 0.790. The van der Waals surface area contributed by atoms with E-state index in [1.807, 2.05) is 6.92 Å². The maximum absolute atomic E-state index is 12.4. The molecule has 0 fully saturated rings. The second kappa shape index (κ2) is 7.33. The molecule has 0 saturated carbocycles. The predicted octanol–water partition coefficient (Wildman–Crippen LogP) is 4.21. The van der Waals surface area contributed by atoms with E-state index >= 15 is 0 Å². The van der Waals surface area contributed by atoms with Crippen LogP contribution in [-0.2, 0) is 16.5 Å². The summed E-state index contributed by atoms with van der Waals surface area (Å²) < 4.78 is 35.3. The molecule has 0 radical (unpaired) electrons. The zero-order chi connectivity index (χ0) is 18.7. The summed E-state index contributed by atoms with van der Waals surface area (Å²) >= 11 is 0. The summed E-state index contributed by atoms with van der Waals surface area (Å²) in [5.74, 6) is 0.105. The Bertz CT molecular complexity index is 1080. The van der Waals surface area contributed by atoms with Gasteiger partial charge < -0.3 is 8.60 Å². The highest BCUT2D eigenvalue weighted by Crippen LogP contribution is 2.26. The fraction of sp³-hybridized carbons (Fsp3) is 0.250. The molecular weight excluding hydrogens is 352 g/mol. The van der Waals surface area contributed by atoms with Crippen molar-refractivity contribution >= 4 is 21.1 Å². The average molecular weight is 372 g/mol. The lowest BCUT2D eigenvalue weighted by atomic mass is 10.0. The lowest BCUT2D eigenvalue weighted by Gasteiger charge is -2.09. The van der Waals surface area contributed by atoms with Gasteiger partial charge in [-0.05, 0) is 49.6 Å².